The zero-order valence-corrected chi connectivity index (χ0v) is 9.76. The predicted octanol–water partition coefficient (Wildman–Crippen LogP) is 2.45. The first-order valence-electron chi connectivity index (χ1n) is 2.98. The van der Waals surface area contributed by atoms with Crippen LogP contribution in [0.25, 0.3) is 0 Å². The van der Waals surface area contributed by atoms with Gasteiger partial charge in [-0.3, -0.25) is 4.55 Å². The molecule has 0 spiro atoms. The van der Waals surface area contributed by atoms with Crippen molar-refractivity contribution in [1.29, 1.82) is 0 Å². The Morgan fingerprint density at radius 3 is 1.31 bits per heavy atom. The van der Waals surface area contributed by atoms with Crippen LogP contribution in [0.15, 0.2) is 0 Å². The molecule has 82 valence electrons. The molecule has 9 heteroatoms. The van der Waals surface area contributed by atoms with Gasteiger partial charge in [0.15, 0.2) is 0 Å². The lowest BCUT2D eigenvalue weighted by Crippen LogP contribution is -2.21. The fourth-order valence-electron chi connectivity index (χ4n) is 0. The molecule has 0 fully saturated rings. The summed E-state index contributed by atoms with van der Waals surface area (Å²) in [4.78, 5) is 0. The zero-order chi connectivity index (χ0) is 11.5. The Balaban J connectivity index is 0. The van der Waals surface area contributed by atoms with E-state index in [0.717, 1.165) is 0 Å². The maximum Gasteiger partial charge on any atom is 0.522 e. The van der Waals surface area contributed by atoms with Crippen LogP contribution in [-0.4, -0.2) is 25.9 Å². The van der Waals surface area contributed by atoms with E-state index in [4.69, 9.17) is 24.0 Å². The second-order valence-corrected chi connectivity index (χ2v) is 11.9. The molecule has 0 rings (SSSR count). The van der Waals surface area contributed by atoms with Gasteiger partial charge in [0.2, 0.25) is 0 Å². The van der Waals surface area contributed by atoms with Gasteiger partial charge in [0.1, 0.15) is 7.38 Å². The van der Waals surface area contributed by atoms with E-state index in [-0.39, 0.29) is 0 Å². The predicted molar refractivity (Wildman–Crippen MR) is 46.8 cm³/mol. The van der Waals surface area contributed by atoms with Gasteiger partial charge in [0.05, 0.1) is 0 Å². The van der Waals surface area contributed by atoms with Crippen LogP contribution in [0.3, 0.4) is 0 Å². The lowest BCUT2D eigenvalue weighted by Gasteiger charge is -1.97. The van der Waals surface area contributed by atoms with E-state index < -0.39 is 23.0 Å². The highest BCUT2D eigenvalue weighted by atomic mass is 35.6. The van der Waals surface area contributed by atoms with Crippen LogP contribution >= 0.6 is 11.1 Å². The monoisotopic (exact) mass is 258 g/mol. The summed E-state index contributed by atoms with van der Waals surface area (Å²) in [5.41, 5.74) is -5.53. The molecule has 0 bridgehead atoms. The number of hydrogen-bond donors (Lipinski definition) is 1. The number of hydrogen-bond acceptors (Lipinski definition) is 2. The maximum atomic E-state index is 10.7. The van der Waals surface area contributed by atoms with E-state index in [1.165, 1.54) is 0 Å². The molecular weight excluding hydrogens is 249 g/mol. The number of alkyl halides is 3. The average Bonchev–Trinajstić information content (AvgIpc) is 1.50. The summed E-state index contributed by atoms with van der Waals surface area (Å²) in [5.74, 6) is 0. The van der Waals surface area contributed by atoms with Gasteiger partial charge in [-0.15, -0.1) is 0 Å². The number of halogens is 4. The van der Waals surface area contributed by atoms with Crippen LogP contribution in [0.4, 0.5) is 13.2 Å². The van der Waals surface area contributed by atoms with Crippen molar-refractivity contribution in [3.8, 4) is 0 Å². The molecule has 0 saturated heterocycles. The highest BCUT2D eigenvalue weighted by molar-refractivity contribution is 7.86. The third-order valence-electron chi connectivity index (χ3n) is 0.292. The SMILES string of the molecule is C[Si](C)(C)Cl.O=S(=O)(O)C(F)(F)F. The molecule has 0 aliphatic carbocycles. The summed E-state index contributed by atoms with van der Waals surface area (Å²) >= 11 is 5.67. The summed E-state index contributed by atoms with van der Waals surface area (Å²) in [5, 5.41) is 0. The van der Waals surface area contributed by atoms with Crippen molar-refractivity contribution in [3.63, 3.8) is 0 Å². The molecule has 0 heterocycles. The molecule has 1 N–H and O–H groups in total. The van der Waals surface area contributed by atoms with Gasteiger partial charge in [-0.05, 0) is 0 Å². The Kier molecular flexibility index (Phi) is 5.57. The first-order chi connectivity index (χ1) is 5.25. The third-order valence-corrected chi connectivity index (χ3v) is 0.877. The van der Waals surface area contributed by atoms with Gasteiger partial charge in [-0.25, -0.2) is 0 Å². The molecule has 13 heavy (non-hydrogen) atoms. The van der Waals surface area contributed by atoms with Crippen molar-refractivity contribution < 1.29 is 26.1 Å². The number of rotatable bonds is 0. The summed E-state index contributed by atoms with van der Waals surface area (Å²) in [6.07, 6.45) is 0. The minimum absolute atomic E-state index is 1.14. The topological polar surface area (TPSA) is 54.4 Å². The van der Waals surface area contributed by atoms with Crippen LogP contribution < -0.4 is 0 Å². The van der Waals surface area contributed by atoms with Crippen molar-refractivity contribution in [3.05, 3.63) is 0 Å². The molecule has 0 radical (unpaired) electrons. The highest BCUT2D eigenvalue weighted by Crippen LogP contribution is 2.20. The van der Waals surface area contributed by atoms with E-state index in [9.17, 15) is 13.2 Å². The van der Waals surface area contributed by atoms with Crippen molar-refractivity contribution in [2.24, 2.45) is 0 Å². The summed E-state index contributed by atoms with van der Waals surface area (Å²) in [6, 6.07) is 0. The minimum atomic E-state index is -5.84. The van der Waals surface area contributed by atoms with Crippen LogP contribution in [0.2, 0.25) is 19.6 Å². The molecule has 0 aromatic rings. The summed E-state index contributed by atoms with van der Waals surface area (Å²) in [6.45, 7) is 6.28. The molecule has 0 unspecified atom stereocenters. The van der Waals surface area contributed by atoms with E-state index in [0.29, 0.717) is 0 Å². The van der Waals surface area contributed by atoms with Crippen LogP contribution in [0.5, 0.6) is 0 Å². The Morgan fingerprint density at radius 2 is 1.31 bits per heavy atom. The first kappa shape index (κ1) is 15.7. The van der Waals surface area contributed by atoms with Crippen LogP contribution in [-0.2, 0) is 10.1 Å². The average molecular weight is 259 g/mol. The Bertz CT molecular complexity index is 236. The molecule has 0 aliphatic heterocycles. The Morgan fingerprint density at radius 1 is 1.23 bits per heavy atom. The minimum Gasteiger partial charge on any atom is -0.279 e. The standard InChI is InChI=1S/C3H9ClSi.CHF3O3S/c1-5(2,3)4;2-1(3,4)8(5,6)7/h1-3H3;(H,5,6,7). The largest absolute Gasteiger partial charge is 0.522 e. The summed E-state index contributed by atoms with van der Waals surface area (Å²) in [7, 11) is -6.98. The fraction of sp³-hybridized carbons (Fsp3) is 1.00. The molecule has 0 aromatic carbocycles. The van der Waals surface area contributed by atoms with Crippen molar-refractivity contribution in [2.75, 3.05) is 0 Å². The van der Waals surface area contributed by atoms with Gasteiger partial charge in [-0.2, -0.15) is 32.7 Å². The molecule has 0 atom stereocenters. The third kappa shape index (κ3) is 15.0. The normalized spacial score (nSPS) is 13.2. The Hall–Kier alpha value is 0.207. The molecule has 0 aromatic heterocycles. The highest BCUT2D eigenvalue weighted by Gasteiger charge is 2.44. The molecule has 3 nitrogen and oxygen atoms in total. The lowest BCUT2D eigenvalue weighted by molar-refractivity contribution is -0.0510. The molecular formula is C4H10ClF3O3SSi. The molecule has 0 saturated carbocycles. The van der Waals surface area contributed by atoms with Crippen LogP contribution in [0, 0.1) is 0 Å². The smallest absolute Gasteiger partial charge is 0.279 e. The Labute approximate surface area is 80.4 Å². The van der Waals surface area contributed by atoms with Gasteiger partial charge in [-0.1, -0.05) is 19.6 Å². The first-order valence-corrected chi connectivity index (χ1v) is 8.93. The quantitative estimate of drug-likeness (QED) is 0.314. The van der Waals surface area contributed by atoms with Gasteiger partial charge in [0, 0.05) is 0 Å². The second kappa shape index (κ2) is 4.62. The second-order valence-electron chi connectivity index (χ2n) is 2.99. The molecule has 0 amide bonds. The van der Waals surface area contributed by atoms with E-state index in [2.05, 4.69) is 19.6 Å². The van der Waals surface area contributed by atoms with E-state index in [1.54, 1.807) is 0 Å². The van der Waals surface area contributed by atoms with Gasteiger partial charge < -0.3 is 0 Å². The van der Waals surface area contributed by atoms with E-state index in [1.807, 2.05) is 0 Å². The summed E-state index contributed by atoms with van der Waals surface area (Å²) < 4.78 is 57.5. The van der Waals surface area contributed by atoms with Crippen LogP contribution in [0.1, 0.15) is 0 Å². The van der Waals surface area contributed by atoms with Gasteiger partial charge in [0.25, 0.3) is 0 Å². The van der Waals surface area contributed by atoms with Crippen molar-refractivity contribution >= 4 is 28.6 Å². The fourth-order valence-corrected chi connectivity index (χ4v) is 0. The molecule has 0 aliphatic rings. The van der Waals surface area contributed by atoms with Crippen molar-refractivity contribution in [1.82, 2.24) is 0 Å². The lowest BCUT2D eigenvalue weighted by atomic mass is 11.6. The van der Waals surface area contributed by atoms with E-state index >= 15 is 0 Å². The van der Waals surface area contributed by atoms with Gasteiger partial charge >= 0.3 is 15.6 Å². The zero-order valence-electron chi connectivity index (χ0n) is 7.18. The van der Waals surface area contributed by atoms with Crippen molar-refractivity contribution in [2.45, 2.75) is 25.1 Å². The maximum absolute atomic E-state index is 10.7.